The van der Waals surface area contributed by atoms with Crippen molar-refractivity contribution in [3.8, 4) is 0 Å². The molecular weight excluding hydrogens is 382 g/mol. The second-order valence-electron chi connectivity index (χ2n) is 7.02. The SMILES string of the molecule is COCCNC(=O)[C@@H]1CCC[C@@H](NS(=O)(=O)c2ccccc2)CN(C)C(=O)C1. The van der Waals surface area contributed by atoms with Gasteiger partial charge in [0.25, 0.3) is 0 Å². The molecule has 1 fully saturated rings. The quantitative estimate of drug-likeness (QED) is 0.644. The molecule has 156 valence electrons. The van der Waals surface area contributed by atoms with Crippen LogP contribution in [0, 0.1) is 5.92 Å². The first kappa shape index (κ1) is 22.3. The highest BCUT2D eigenvalue weighted by Gasteiger charge is 2.28. The van der Waals surface area contributed by atoms with Gasteiger partial charge in [0.2, 0.25) is 21.8 Å². The van der Waals surface area contributed by atoms with Crippen molar-refractivity contribution < 1.29 is 22.7 Å². The zero-order valence-corrected chi connectivity index (χ0v) is 17.2. The number of carbonyl (C=O) groups excluding carboxylic acids is 2. The third-order valence-corrected chi connectivity index (χ3v) is 6.33. The van der Waals surface area contributed by atoms with Gasteiger partial charge >= 0.3 is 0 Å². The molecule has 0 radical (unpaired) electrons. The van der Waals surface area contributed by atoms with Crippen LogP contribution in [0.15, 0.2) is 35.2 Å². The Morgan fingerprint density at radius 2 is 1.96 bits per heavy atom. The number of sulfonamides is 1. The summed E-state index contributed by atoms with van der Waals surface area (Å²) < 4.78 is 32.8. The molecular formula is C19H29N3O5S. The maximum Gasteiger partial charge on any atom is 0.240 e. The highest BCUT2D eigenvalue weighted by molar-refractivity contribution is 7.89. The van der Waals surface area contributed by atoms with Gasteiger partial charge in [-0.1, -0.05) is 24.6 Å². The molecule has 2 N–H and O–H groups in total. The van der Waals surface area contributed by atoms with Crippen LogP contribution in [0.3, 0.4) is 0 Å². The van der Waals surface area contributed by atoms with Crippen LogP contribution in [-0.4, -0.2) is 65.0 Å². The number of carbonyl (C=O) groups is 2. The number of nitrogens with zero attached hydrogens (tertiary/aromatic N) is 1. The van der Waals surface area contributed by atoms with E-state index in [1.165, 1.54) is 17.0 Å². The molecule has 8 nitrogen and oxygen atoms in total. The summed E-state index contributed by atoms with van der Waals surface area (Å²) in [7, 11) is -0.474. The summed E-state index contributed by atoms with van der Waals surface area (Å²) >= 11 is 0. The number of hydrogen-bond acceptors (Lipinski definition) is 5. The average Bonchev–Trinajstić information content (AvgIpc) is 2.73. The topological polar surface area (TPSA) is 105 Å². The normalized spacial score (nSPS) is 21.5. The van der Waals surface area contributed by atoms with E-state index in [1.54, 1.807) is 32.4 Å². The highest BCUT2D eigenvalue weighted by atomic mass is 32.2. The fraction of sp³-hybridized carbons (Fsp3) is 0.579. The predicted octanol–water partition coefficient (Wildman–Crippen LogP) is 0.745. The lowest BCUT2D eigenvalue weighted by Gasteiger charge is -2.24. The molecule has 1 aromatic rings. The van der Waals surface area contributed by atoms with Crippen LogP contribution in [0.2, 0.25) is 0 Å². The highest BCUT2D eigenvalue weighted by Crippen LogP contribution is 2.20. The summed E-state index contributed by atoms with van der Waals surface area (Å²) in [6.45, 7) is 1.08. The van der Waals surface area contributed by atoms with E-state index < -0.39 is 22.0 Å². The Labute approximate surface area is 166 Å². The standard InChI is InChI=1S/C19H29N3O5S/c1-22-14-16(21-28(25,26)17-9-4-3-5-10-17)8-6-7-15(13-18(22)23)19(24)20-11-12-27-2/h3-5,9-10,15-16,21H,6-8,11-14H2,1-2H3,(H,20,24)/t15-,16-/m1/s1. The van der Waals surface area contributed by atoms with E-state index in [0.29, 0.717) is 32.4 Å². The van der Waals surface area contributed by atoms with Gasteiger partial charge in [0.15, 0.2) is 0 Å². The second kappa shape index (κ2) is 10.5. The van der Waals surface area contributed by atoms with E-state index >= 15 is 0 Å². The molecule has 0 bridgehead atoms. The molecule has 0 spiro atoms. The summed E-state index contributed by atoms with van der Waals surface area (Å²) in [5, 5.41) is 2.78. The van der Waals surface area contributed by atoms with Gasteiger partial charge in [-0.25, -0.2) is 13.1 Å². The molecule has 0 aliphatic carbocycles. The van der Waals surface area contributed by atoms with E-state index in [-0.39, 0.29) is 29.7 Å². The third kappa shape index (κ3) is 6.57. The smallest absolute Gasteiger partial charge is 0.240 e. The molecule has 1 saturated heterocycles. The first-order valence-electron chi connectivity index (χ1n) is 9.41. The van der Waals surface area contributed by atoms with Gasteiger partial charge in [-0.2, -0.15) is 0 Å². The molecule has 28 heavy (non-hydrogen) atoms. The Kier molecular flexibility index (Phi) is 8.40. The van der Waals surface area contributed by atoms with Crippen molar-refractivity contribution in [3.05, 3.63) is 30.3 Å². The number of rotatable bonds is 7. The van der Waals surface area contributed by atoms with Crippen molar-refractivity contribution in [1.82, 2.24) is 14.9 Å². The van der Waals surface area contributed by atoms with Gasteiger partial charge < -0.3 is 15.0 Å². The lowest BCUT2D eigenvalue weighted by atomic mass is 9.96. The molecule has 1 aliphatic heterocycles. The van der Waals surface area contributed by atoms with Gasteiger partial charge in [-0.15, -0.1) is 0 Å². The number of amides is 2. The summed E-state index contributed by atoms with van der Waals surface area (Å²) in [6, 6.07) is 7.75. The van der Waals surface area contributed by atoms with Gasteiger partial charge in [-0.3, -0.25) is 9.59 Å². The summed E-state index contributed by atoms with van der Waals surface area (Å²) in [6.07, 6.45) is 1.84. The van der Waals surface area contributed by atoms with Crippen molar-refractivity contribution in [2.75, 3.05) is 33.9 Å². The molecule has 1 aromatic carbocycles. The molecule has 0 aromatic heterocycles. The number of ether oxygens (including phenoxy) is 1. The van der Waals surface area contributed by atoms with Crippen LogP contribution in [0.25, 0.3) is 0 Å². The predicted molar refractivity (Wildman–Crippen MR) is 105 cm³/mol. The Morgan fingerprint density at radius 3 is 2.64 bits per heavy atom. The minimum atomic E-state index is -3.67. The van der Waals surface area contributed by atoms with Crippen LogP contribution in [0.4, 0.5) is 0 Å². The number of methoxy groups -OCH3 is 1. The fourth-order valence-electron chi connectivity index (χ4n) is 3.23. The molecule has 2 atom stereocenters. The molecule has 0 saturated carbocycles. The van der Waals surface area contributed by atoms with E-state index in [4.69, 9.17) is 4.74 Å². The average molecular weight is 412 g/mol. The van der Waals surface area contributed by atoms with E-state index in [0.717, 1.165) is 0 Å². The summed E-state index contributed by atoms with van der Waals surface area (Å²) in [5.41, 5.74) is 0. The molecule has 0 unspecified atom stereocenters. The molecule has 1 heterocycles. The number of benzene rings is 1. The van der Waals surface area contributed by atoms with Crippen molar-refractivity contribution >= 4 is 21.8 Å². The first-order valence-corrected chi connectivity index (χ1v) is 10.9. The maximum absolute atomic E-state index is 12.6. The zero-order chi connectivity index (χ0) is 20.6. The molecule has 2 rings (SSSR count). The van der Waals surface area contributed by atoms with Crippen LogP contribution in [-0.2, 0) is 24.3 Å². The fourth-order valence-corrected chi connectivity index (χ4v) is 4.51. The number of hydrogen-bond donors (Lipinski definition) is 2. The number of nitrogens with one attached hydrogen (secondary N) is 2. The maximum atomic E-state index is 12.6. The Balaban J connectivity index is 2.03. The van der Waals surface area contributed by atoms with E-state index in [1.807, 2.05) is 0 Å². The van der Waals surface area contributed by atoms with Crippen LogP contribution in [0.1, 0.15) is 25.7 Å². The Hall–Kier alpha value is -1.97. The summed E-state index contributed by atoms with van der Waals surface area (Å²) in [4.78, 5) is 26.5. The van der Waals surface area contributed by atoms with E-state index in [9.17, 15) is 18.0 Å². The summed E-state index contributed by atoms with van der Waals surface area (Å²) in [5.74, 6) is -0.754. The van der Waals surface area contributed by atoms with Crippen molar-refractivity contribution in [2.45, 2.75) is 36.6 Å². The number of likely N-dealkylation sites (N-methyl/N-ethyl adjacent to an activating group) is 1. The molecule has 2 amide bonds. The van der Waals surface area contributed by atoms with Crippen molar-refractivity contribution in [2.24, 2.45) is 5.92 Å². The van der Waals surface area contributed by atoms with Gasteiger partial charge in [0, 0.05) is 45.6 Å². The van der Waals surface area contributed by atoms with Gasteiger partial charge in [0.1, 0.15) is 0 Å². The van der Waals surface area contributed by atoms with Crippen LogP contribution < -0.4 is 10.0 Å². The minimum absolute atomic E-state index is 0.119. The first-order chi connectivity index (χ1) is 13.3. The van der Waals surface area contributed by atoms with Crippen LogP contribution >= 0.6 is 0 Å². The molecule has 9 heteroatoms. The monoisotopic (exact) mass is 411 g/mol. The van der Waals surface area contributed by atoms with Crippen molar-refractivity contribution in [1.29, 1.82) is 0 Å². The van der Waals surface area contributed by atoms with E-state index in [2.05, 4.69) is 10.0 Å². The zero-order valence-electron chi connectivity index (χ0n) is 16.4. The van der Waals surface area contributed by atoms with Gasteiger partial charge in [0.05, 0.1) is 11.5 Å². The van der Waals surface area contributed by atoms with Crippen molar-refractivity contribution in [3.63, 3.8) is 0 Å². The molecule has 1 aliphatic rings. The third-order valence-electron chi connectivity index (χ3n) is 4.80. The van der Waals surface area contributed by atoms with Crippen LogP contribution in [0.5, 0.6) is 0 Å². The Bertz CT molecular complexity index is 754. The minimum Gasteiger partial charge on any atom is -0.383 e. The lowest BCUT2D eigenvalue weighted by molar-refractivity contribution is -0.135. The largest absolute Gasteiger partial charge is 0.383 e. The second-order valence-corrected chi connectivity index (χ2v) is 8.74. The Morgan fingerprint density at radius 1 is 1.25 bits per heavy atom. The van der Waals surface area contributed by atoms with Gasteiger partial charge in [-0.05, 0) is 25.0 Å². The lowest BCUT2D eigenvalue weighted by Crippen LogP contribution is -2.44.